The van der Waals surface area contributed by atoms with Crippen LogP contribution >= 0.6 is 0 Å². The second-order valence-corrected chi connectivity index (χ2v) is 6.43. The van der Waals surface area contributed by atoms with Gasteiger partial charge < -0.3 is 5.32 Å². The highest BCUT2D eigenvalue weighted by Crippen LogP contribution is 2.23. The van der Waals surface area contributed by atoms with E-state index in [0.29, 0.717) is 0 Å². The molecule has 4 nitrogen and oxygen atoms in total. The van der Waals surface area contributed by atoms with Gasteiger partial charge in [0, 0.05) is 11.3 Å². The summed E-state index contributed by atoms with van der Waals surface area (Å²) in [6, 6.07) is 18.6. The lowest BCUT2D eigenvalue weighted by atomic mass is 10.1. The quantitative estimate of drug-likeness (QED) is 0.571. The van der Waals surface area contributed by atoms with Crippen LogP contribution in [0.4, 0.5) is 11.5 Å². The minimum Gasteiger partial charge on any atom is -0.339 e. The molecule has 4 heteroatoms. The number of imidazole rings is 1. The molecule has 0 aliphatic carbocycles. The number of benzene rings is 2. The molecule has 0 saturated heterocycles. The molecule has 0 aliphatic rings. The van der Waals surface area contributed by atoms with E-state index >= 15 is 0 Å². The van der Waals surface area contributed by atoms with Gasteiger partial charge in [-0.15, -0.1) is 5.10 Å². The number of anilines is 2. The van der Waals surface area contributed by atoms with Crippen molar-refractivity contribution in [3.8, 4) is 11.3 Å². The first-order chi connectivity index (χ1) is 12.1. The van der Waals surface area contributed by atoms with Crippen LogP contribution in [-0.2, 0) is 0 Å². The van der Waals surface area contributed by atoms with Crippen molar-refractivity contribution in [1.29, 1.82) is 0 Å². The Hall–Kier alpha value is -3.14. The van der Waals surface area contributed by atoms with Gasteiger partial charge in [0.05, 0.1) is 11.9 Å². The highest BCUT2D eigenvalue weighted by molar-refractivity contribution is 5.65. The Bertz CT molecular complexity index is 1060. The number of hydrogen-bond acceptors (Lipinski definition) is 3. The number of nitrogens with zero attached hydrogens (tertiary/aromatic N) is 3. The second kappa shape index (κ2) is 6.06. The molecule has 1 N–H and O–H groups in total. The maximum absolute atomic E-state index is 4.73. The number of nitrogens with one attached hydrogen (secondary N) is 1. The third-order valence-electron chi connectivity index (χ3n) is 4.46. The van der Waals surface area contributed by atoms with Crippen molar-refractivity contribution in [1.82, 2.24) is 14.6 Å². The zero-order valence-electron chi connectivity index (χ0n) is 14.6. The van der Waals surface area contributed by atoms with E-state index in [1.54, 1.807) is 0 Å². The van der Waals surface area contributed by atoms with E-state index in [9.17, 15) is 0 Å². The fourth-order valence-corrected chi connectivity index (χ4v) is 2.91. The van der Waals surface area contributed by atoms with Crippen LogP contribution in [0, 0.1) is 20.8 Å². The Morgan fingerprint density at radius 3 is 2.56 bits per heavy atom. The van der Waals surface area contributed by atoms with E-state index in [-0.39, 0.29) is 0 Å². The van der Waals surface area contributed by atoms with E-state index in [1.807, 2.05) is 22.8 Å². The molecule has 0 atom stereocenters. The average molecular weight is 328 g/mol. The molecule has 0 saturated carbocycles. The Kier molecular flexibility index (Phi) is 3.73. The SMILES string of the molecule is Cc1cccc(-c2cnc3ccc(Nc4ccc(C)c(C)c4)nn23)c1. The number of aryl methyl sites for hydroxylation is 3. The van der Waals surface area contributed by atoms with Crippen molar-refractivity contribution < 1.29 is 0 Å². The average Bonchev–Trinajstić information content (AvgIpc) is 3.01. The standard InChI is InChI=1S/C21H20N4/c1-14-5-4-6-17(11-14)19-13-22-21-10-9-20(24-25(19)21)23-18-8-7-15(2)16(3)12-18/h4-13H,1-3H3,(H,23,24). The lowest BCUT2D eigenvalue weighted by Gasteiger charge is -2.09. The fraction of sp³-hybridized carbons (Fsp3) is 0.143. The summed E-state index contributed by atoms with van der Waals surface area (Å²) >= 11 is 0. The first-order valence-electron chi connectivity index (χ1n) is 8.36. The normalized spacial score (nSPS) is 11.0. The van der Waals surface area contributed by atoms with E-state index in [0.717, 1.165) is 28.4 Å². The van der Waals surface area contributed by atoms with Crippen LogP contribution in [0.25, 0.3) is 16.9 Å². The van der Waals surface area contributed by atoms with Crippen LogP contribution in [0.3, 0.4) is 0 Å². The molecule has 4 aromatic rings. The number of aromatic nitrogens is 3. The summed E-state index contributed by atoms with van der Waals surface area (Å²) in [5, 5.41) is 8.12. The minimum absolute atomic E-state index is 0.794. The van der Waals surface area contributed by atoms with E-state index in [1.165, 1.54) is 16.7 Å². The maximum Gasteiger partial charge on any atom is 0.154 e. The minimum atomic E-state index is 0.794. The molecule has 4 rings (SSSR count). The van der Waals surface area contributed by atoms with E-state index in [2.05, 4.69) is 73.5 Å². The summed E-state index contributed by atoms with van der Waals surface area (Å²) in [6.07, 6.45) is 1.87. The topological polar surface area (TPSA) is 42.2 Å². The molecule has 0 aliphatic heterocycles. The smallest absolute Gasteiger partial charge is 0.154 e. The monoisotopic (exact) mass is 328 g/mol. The van der Waals surface area contributed by atoms with Crippen LogP contribution in [0.2, 0.25) is 0 Å². The molecule has 25 heavy (non-hydrogen) atoms. The Morgan fingerprint density at radius 2 is 1.76 bits per heavy atom. The van der Waals surface area contributed by atoms with E-state index < -0.39 is 0 Å². The van der Waals surface area contributed by atoms with Crippen LogP contribution < -0.4 is 5.32 Å². The molecule has 0 unspecified atom stereocenters. The van der Waals surface area contributed by atoms with Crippen molar-refractivity contribution in [2.45, 2.75) is 20.8 Å². The predicted molar refractivity (Wildman–Crippen MR) is 102 cm³/mol. The molecule has 124 valence electrons. The largest absolute Gasteiger partial charge is 0.339 e. The van der Waals surface area contributed by atoms with Crippen LogP contribution in [0.5, 0.6) is 0 Å². The molecule has 2 aromatic carbocycles. The van der Waals surface area contributed by atoms with Gasteiger partial charge in [-0.05, 0) is 62.2 Å². The Balaban J connectivity index is 1.74. The number of fused-ring (bicyclic) bond motifs is 1. The summed E-state index contributed by atoms with van der Waals surface area (Å²) in [7, 11) is 0. The Labute approximate surface area is 147 Å². The summed E-state index contributed by atoms with van der Waals surface area (Å²) < 4.78 is 1.89. The molecule has 0 amide bonds. The van der Waals surface area contributed by atoms with Gasteiger partial charge in [0.15, 0.2) is 11.5 Å². The van der Waals surface area contributed by atoms with Crippen molar-refractivity contribution in [2.75, 3.05) is 5.32 Å². The summed E-state index contributed by atoms with van der Waals surface area (Å²) in [6.45, 7) is 6.32. The van der Waals surface area contributed by atoms with Crippen molar-refractivity contribution in [3.63, 3.8) is 0 Å². The van der Waals surface area contributed by atoms with Crippen LogP contribution in [-0.4, -0.2) is 14.6 Å². The third-order valence-corrected chi connectivity index (χ3v) is 4.46. The van der Waals surface area contributed by atoms with Crippen LogP contribution in [0.15, 0.2) is 60.8 Å². The zero-order valence-corrected chi connectivity index (χ0v) is 14.6. The first kappa shape index (κ1) is 15.4. The summed E-state index contributed by atoms with van der Waals surface area (Å²) in [5.41, 5.74) is 7.73. The van der Waals surface area contributed by atoms with Gasteiger partial charge in [-0.25, -0.2) is 9.50 Å². The van der Waals surface area contributed by atoms with E-state index in [4.69, 9.17) is 5.10 Å². The van der Waals surface area contributed by atoms with Gasteiger partial charge in [0.25, 0.3) is 0 Å². The van der Waals surface area contributed by atoms with Gasteiger partial charge in [-0.1, -0.05) is 29.8 Å². The number of hydrogen-bond donors (Lipinski definition) is 1. The third kappa shape index (κ3) is 2.98. The highest BCUT2D eigenvalue weighted by Gasteiger charge is 2.08. The van der Waals surface area contributed by atoms with Gasteiger partial charge >= 0.3 is 0 Å². The molecular formula is C21H20N4. The summed E-state index contributed by atoms with van der Waals surface area (Å²) in [5.74, 6) is 0.794. The first-order valence-corrected chi connectivity index (χ1v) is 8.36. The Morgan fingerprint density at radius 1 is 0.880 bits per heavy atom. The fourth-order valence-electron chi connectivity index (χ4n) is 2.91. The van der Waals surface area contributed by atoms with Gasteiger partial charge in [-0.3, -0.25) is 0 Å². The molecular weight excluding hydrogens is 308 g/mol. The highest BCUT2D eigenvalue weighted by atomic mass is 15.3. The molecule has 0 bridgehead atoms. The van der Waals surface area contributed by atoms with Crippen molar-refractivity contribution in [3.05, 3.63) is 77.5 Å². The van der Waals surface area contributed by atoms with Crippen molar-refractivity contribution in [2.24, 2.45) is 0 Å². The molecule has 0 fully saturated rings. The maximum atomic E-state index is 4.73. The molecule has 2 aromatic heterocycles. The van der Waals surface area contributed by atoms with Gasteiger partial charge in [0.2, 0.25) is 0 Å². The zero-order chi connectivity index (χ0) is 17.4. The molecule has 0 spiro atoms. The predicted octanol–water partition coefficient (Wildman–Crippen LogP) is 5.07. The van der Waals surface area contributed by atoms with Crippen LogP contribution in [0.1, 0.15) is 16.7 Å². The number of rotatable bonds is 3. The van der Waals surface area contributed by atoms with Crippen molar-refractivity contribution >= 4 is 17.2 Å². The molecule has 2 heterocycles. The lowest BCUT2D eigenvalue weighted by Crippen LogP contribution is -2.00. The molecule has 0 radical (unpaired) electrons. The van der Waals surface area contributed by atoms with Gasteiger partial charge in [-0.2, -0.15) is 0 Å². The second-order valence-electron chi connectivity index (χ2n) is 6.43. The van der Waals surface area contributed by atoms with Gasteiger partial charge in [0.1, 0.15) is 0 Å². The lowest BCUT2D eigenvalue weighted by molar-refractivity contribution is 0.948. The summed E-state index contributed by atoms with van der Waals surface area (Å²) in [4.78, 5) is 4.47.